The molecule has 3 N–H and O–H groups in total. The van der Waals surface area contributed by atoms with Crippen molar-refractivity contribution in [1.29, 1.82) is 0 Å². The molecule has 0 radical (unpaired) electrons. The van der Waals surface area contributed by atoms with Crippen LogP contribution in [0.25, 0.3) is 21.9 Å². The second-order valence-electron chi connectivity index (χ2n) is 16.3. The van der Waals surface area contributed by atoms with E-state index < -0.39 is 11.9 Å². The number of methoxy groups -OCH3 is 1. The number of carbonyl (C=O) groups excluding carboxylic acids is 4. The van der Waals surface area contributed by atoms with Gasteiger partial charge in [-0.1, -0.05) is 37.2 Å². The molecule has 326 valence electrons. The number of aromatic nitrogens is 5. The number of likely N-dealkylation sites (tertiary alicyclic amines) is 1. The van der Waals surface area contributed by atoms with Gasteiger partial charge >= 0.3 is 5.69 Å². The van der Waals surface area contributed by atoms with E-state index in [1.807, 2.05) is 12.1 Å². The number of anilines is 1. The third kappa shape index (κ3) is 10.2. The van der Waals surface area contributed by atoms with Crippen molar-refractivity contribution in [3.05, 3.63) is 86.8 Å². The van der Waals surface area contributed by atoms with Crippen LogP contribution < -0.4 is 26.6 Å². The molecule has 3 aromatic heterocycles. The number of piperidine rings is 2. The van der Waals surface area contributed by atoms with Crippen LogP contribution in [0.1, 0.15) is 98.6 Å². The maximum absolute atomic E-state index is 12.9. The van der Waals surface area contributed by atoms with Gasteiger partial charge in [-0.2, -0.15) is 5.10 Å². The average molecular weight is 847 g/mol. The summed E-state index contributed by atoms with van der Waals surface area (Å²) in [5.74, 6) is 5.88. The van der Waals surface area contributed by atoms with Gasteiger partial charge in [0.05, 0.1) is 47.1 Å². The highest BCUT2D eigenvalue weighted by Gasteiger charge is 2.32. The number of nitrogens with zero attached hydrogens (tertiary/aromatic N) is 5. The topological polar surface area (TPSA) is 192 Å². The molecule has 2 aliphatic carbocycles. The summed E-state index contributed by atoms with van der Waals surface area (Å²) >= 11 is 0. The van der Waals surface area contributed by atoms with Gasteiger partial charge in [-0.3, -0.25) is 38.7 Å². The van der Waals surface area contributed by atoms with E-state index in [0.717, 1.165) is 68.8 Å². The molecule has 3 amide bonds. The molecule has 4 aliphatic rings. The maximum Gasteiger partial charge on any atom is 0.329 e. The summed E-state index contributed by atoms with van der Waals surface area (Å²) < 4.78 is 15.8. The lowest BCUT2D eigenvalue weighted by Crippen LogP contribution is -2.44. The predicted octanol–water partition coefficient (Wildman–Crippen LogP) is 4.87. The molecule has 1 atom stereocenters. The van der Waals surface area contributed by atoms with E-state index in [0.29, 0.717) is 46.9 Å². The van der Waals surface area contributed by atoms with Crippen LogP contribution >= 0.6 is 0 Å². The number of benzene rings is 2. The number of pyridine rings is 1. The molecular formula is C46H54N8O8. The number of carbonyl (C=O) groups is 4. The lowest BCUT2D eigenvalue weighted by molar-refractivity contribution is -0.135. The largest absolute Gasteiger partial charge is 0.496 e. The molecule has 9 rings (SSSR count). The predicted molar refractivity (Wildman–Crippen MR) is 234 cm³/mol. The molecule has 16 nitrogen and oxygen atoms in total. The van der Waals surface area contributed by atoms with Crippen LogP contribution in [0, 0.1) is 17.8 Å². The van der Waals surface area contributed by atoms with Crippen LogP contribution in [-0.2, 0) is 26.2 Å². The van der Waals surface area contributed by atoms with Gasteiger partial charge < -0.3 is 29.1 Å². The number of aryl methyl sites for hydroxylation is 1. The normalized spacial score (nSPS) is 18.4. The molecule has 2 aromatic carbocycles. The number of nitrogens with one attached hydrogen (secondary N) is 3. The van der Waals surface area contributed by atoms with Gasteiger partial charge in [0.2, 0.25) is 11.8 Å². The Bertz CT molecular complexity index is 2610. The number of aromatic amines is 1. The minimum Gasteiger partial charge on any atom is -0.496 e. The number of H-pyrrole nitrogens is 1. The number of amides is 3. The third-order valence-electron chi connectivity index (χ3n) is 11.9. The minimum absolute atomic E-state index is 0.184. The summed E-state index contributed by atoms with van der Waals surface area (Å²) in [5, 5.41) is 12.6. The first kappa shape index (κ1) is 43.8. The summed E-state index contributed by atoms with van der Waals surface area (Å²) in [6.45, 7) is 2.41. The first-order chi connectivity index (χ1) is 30.1. The molecule has 4 fully saturated rings. The van der Waals surface area contributed by atoms with E-state index in [9.17, 15) is 28.8 Å². The number of rotatable bonds is 8. The molecule has 5 aromatic rings. The number of hydrogen-bond donors (Lipinski definition) is 3. The van der Waals surface area contributed by atoms with Crippen molar-refractivity contribution in [2.45, 2.75) is 88.8 Å². The molecule has 16 heteroatoms. The Hall–Kier alpha value is -6.31. The number of para-hydroxylation sites is 1. The molecule has 1 unspecified atom stereocenters. The van der Waals surface area contributed by atoms with Crippen molar-refractivity contribution in [3.63, 3.8) is 0 Å². The van der Waals surface area contributed by atoms with E-state index in [-0.39, 0.29) is 47.3 Å². The Balaban J connectivity index is 0.000000161. The van der Waals surface area contributed by atoms with E-state index >= 15 is 0 Å². The van der Waals surface area contributed by atoms with Crippen molar-refractivity contribution in [2.24, 2.45) is 13.0 Å². The number of fused-ring (bicyclic) bond motifs is 2. The second kappa shape index (κ2) is 20.0. The zero-order chi connectivity index (χ0) is 43.8. The molecule has 2 saturated heterocycles. The molecule has 0 bridgehead atoms. The first-order valence-electron chi connectivity index (χ1n) is 21.4. The zero-order valence-electron chi connectivity index (χ0n) is 35.5. The molecule has 0 spiro atoms. The molecule has 2 aliphatic heterocycles. The highest BCUT2D eigenvalue weighted by atomic mass is 16.5. The number of hydrogen-bond acceptors (Lipinski definition) is 10. The Morgan fingerprint density at radius 1 is 0.968 bits per heavy atom. The number of ether oxygens (including phenoxy) is 2. The highest BCUT2D eigenvalue weighted by Crippen LogP contribution is 2.33. The molecule has 62 heavy (non-hydrogen) atoms. The van der Waals surface area contributed by atoms with E-state index in [2.05, 4.69) is 44.6 Å². The quantitative estimate of drug-likeness (QED) is 0.110. The van der Waals surface area contributed by atoms with Gasteiger partial charge in [-0.25, -0.2) is 4.79 Å². The van der Waals surface area contributed by atoms with Gasteiger partial charge in [0.25, 0.3) is 11.5 Å². The fourth-order valence-electron chi connectivity index (χ4n) is 8.23. The zero-order valence-corrected chi connectivity index (χ0v) is 35.5. The van der Waals surface area contributed by atoms with Gasteiger partial charge in [0.15, 0.2) is 0 Å². The summed E-state index contributed by atoms with van der Waals surface area (Å²) in [6, 6.07) is 11.8. The Morgan fingerprint density at radius 2 is 1.74 bits per heavy atom. The van der Waals surface area contributed by atoms with Crippen molar-refractivity contribution >= 4 is 51.6 Å². The highest BCUT2D eigenvalue weighted by molar-refractivity contribution is 6.08. The Labute approximate surface area is 358 Å². The van der Waals surface area contributed by atoms with Crippen molar-refractivity contribution < 1.29 is 28.7 Å². The Morgan fingerprint density at radius 3 is 2.44 bits per heavy atom. The van der Waals surface area contributed by atoms with Crippen LogP contribution in [0.5, 0.6) is 5.75 Å². The van der Waals surface area contributed by atoms with Gasteiger partial charge in [0, 0.05) is 56.2 Å². The van der Waals surface area contributed by atoms with Gasteiger partial charge in [0.1, 0.15) is 30.4 Å². The van der Waals surface area contributed by atoms with Gasteiger partial charge in [-0.15, -0.1) is 0 Å². The second-order valence-corrected chi connectivity index (χ2v) is 16.3. The van der Waals surface area contributed by atoms with Crippen molar-refractivity contribution in [2.75, 3.05) is 39.2 Å². The average Bonchev–Trinajstić information content (AvgIpc) is 3.97. The van der Waals surface area contributed by atoms with Gasteiger partial charge in [-0.05, 0) is 82.3 Å². The Kier molecular flexibility index (Phi) is 14.1. The van der Waals surface area contributed by atoms with Crippen LogP contribution in [0.2, 0.25) is 0 Å². The smallest absolute Gasteiger partial charge is 0.329 e. The summed E-state index contributed by atoms with van der Waals surface area (Å²) in [4.78, 5) is 74.3. The number of imide groups is 1. The summed E-state index contributed by atoms with van der Waals surface area (Å²) in [6.07, 6.45) is 15.4. The fraction of sp³-hybridized carbons (Fsp3) is 0.457. The van der Waals surface area contributed by atoms with Crippen molar-refractivity contribution in [3.8, 4) is 17.6 Å². The van der Waals surface area contributed by atoms with Crippen LogP contribution in [0.3, 0.4) is 0 Å². The fourth-order valence-corrected chi connectivity index (χ4v) is 8.23. The summed E-state index contributed by atoms with van der Waals surface area (Å²) in [5.41, 5.74) is 2.95. The third-order valence-corrected chi connectivity index (χ3v) is 11.9. The monoisotopic (exact) mass is 846 g/mol. The first-order valence-corrected chi connectivity index (χ1v) is 21.4. The molecular weight excluding hydrogens is 793 g/mol. The number of aldehydes is 1. The van der Waals surface area contributed by atoms with Crippen LogP contribution in [-0.4, -0.2) is 92.8 Å². The lowest BCUT2D eigenvalue weighted by Gasteiger charge is -2.28. The molecule has 2 saturated carbocycles. The van der Waals surface area contributed by atoms with Crippen LogP contribution in [0.4, 0.5) is 5.69 Å². The standard InChI is InChI=1S/C22H26N4O4.C17H16N4O3.C7H12O/c1-24-12-10-16(11-13-24)30-14-4-6-15-5-3-7-17-20(15)25(2)22(29)26(17)18-8-9-19(27)23-21(18)28;1-24-15-8-14-10(9-18-20-14)7-12(15)16(22)19-13-3-2-6-21(17(13)23)11-4-5-11;8-6-7-4-2-1-3-5-7/h3,5,7,16,18H,8-14H2,1-2H3,(H,23,27,28);2-3,6-9,11H,4-5H2,1H3,(H,18,20)(H,19,22);6-7H,1-5H2. The summed E-state index contributed by atoms with van der Waals surface area (Å²) in [7, 11) is 5.28. The van der Waals surface area contributed by atoms with E-state index in [4.69, 9.17) is 9.47 Å². The minimum atomic E-state index is -0.699. The lowest BCUT2D eigenvalue weighted by atomic mass is 9.91. The van der Waals surface area contributed by atoms with E-state index in [1.54, 1.807) is 54.3 Å². The van der Waals surface area contributed by atoms with E-state index in [1.165, 1.54) is 35.5 Å². The van der Waals surface area contributed by atoms with Crippen molar-refractivity contribution in [1.82, 2.24) is 34.1 Å². The maximum atomic E-state index is 12.9. The molecule has 5 heterocycles. The van der Waals surface area contributed by atoms with Crippen LogP contribution in [0.15, 0.2) is 64.4 Å². The SMILES string of the molecule is CN1CCC(OCC#Cc2cccc3c2n(C)c(=O)n3C2CCC(=O)NC2=O)CC1.COc1cc2[nH]ncc2cc1C(=O)Nc1cccn(C2CC2)c1=O.O=CC1CCCCC1. The number of imidazole rings is 1.